The number of carbonyl (C=O) groups is 1. The third-order valence-electron chi connectivity index (χ3n) is 5.93. The predicted octanol–water partition coefficient (Wildman–Crippen LogP) is 3.11. The standard InChI is InChI=1S/C26H30N6O10S/c1-4-32-25(36)22(24(27)35)15(3)23(26(32)37)31-28-16-5-6-17(21(12-16)43(38,39)40)29-30-18-13-19(41-9-7-33)14(2)11-20(18)42-10-8-34/h5-6,11-13,33-34,37H,4,7-10H2,1-3H3,(H2,27,35)(H,38,39,40)/b30-29+,31-28+. The number of nitrogens with zero attached hydrogens (tertiary/aromatic N) is 5. The maximum absolute atomic E-state index is 12.5. The molecule has 1 heterocycles. The van der Waals surface area contributed by atoms with Gasteiger partial charge in [0.1, 0.15) is 52.2 Å². The molecule has 6 N–H and O–H groups in total. The summed E-state index contributed by atoms with van der Waals surface area (Å²) in [7, 11) is -4.87. The highest BCUT2D eigenvalue weighted by molar-refractivity contribution is 7.86. The Hall–Kier alpha value is -4.71. The second-order valence-electron chi connectivity index (χ2n) is 8.84. The van der Waals surface area contributed by atoms with Crippen molar-refractivity contribution in [2.75, 3.05) is 26.4 Å². The van der Waals surface area contributed by atoms with Crippen molar-refractivity contribution in [1.82, 2.24) is 4.57 Å². The van der Waals surface area contributed by atoms with E-state index in [9.17, 15) is 27.7 Å². The Bertz CT molecular complexity index is 1750. The molecule has 0 aliphatic rings. The zero-order valence-electron chi connectivity index (χ0n) is 23.4. The van der Waals surface area contributed by atoms with Gasteiger partial charge in [0.15, 0.2) is 0 Å². The fourth-order valence-corrected chi connectivity index (χ4v) is 4.53. The van der Waals surface area contributed by atoms with Crippen molar-refractivity contribution in [2.24, 2.45) is 26.2 Å². The van der Waals surface area contributed by atoms with Gasteiger partial charge in [0.2, 0.25) is 5.88 Å². The number of primary amides is 1. The number of ether oxygens (including phenoxy) is 2. The minimum Gasteiger partial charge on any atom is -0.493 e. The molecule has 3 rings (SSSR count). The molecule has 16 nitrogen and oxygen atoms in total. The molecule has 43 heavy (non-hydrogen) atoms. The predicted molar refractivity (Wildman–Crippen MR) is 152 cm³/mol. The summed E-state index contributed by atoms with van der Waals surface area (Å²) in [6.07, 6.45) is 0. The van der Waals surface area contributed by atoms with Gasteiger partial charge in [-0.2, -0.15) is 13.5 Å². The van der Waals surface area contributed by atoms with Gasteiger partial charge in [0, 0.05) is 18.2 Å². The number of nitrogens with two attached hydrogens (primary N) is 1. The highest BCUT2D eigenvalue weighted by Crippen LogP contribution is 2.38. The molecule has 17 heteroatoms. The van der Waals surface area contributed by atoms with E-state index in [2.05, 4.69) is 20.5 Å². The molecule has 0 spiro atoms. The lowest BCUT2D eigenvalue weighted by atomic mass is 10.1. The molecular formula is C26H30N6O10S. The molecule has 0 fully saturated rings. The summed E-state index contributed by atoms with van der Waals surface area (Å²) in [5.41, 5.74) is 4.17. The summed E-state index contributed by atoms with van der Waals surface area (Å²) in [4.78, 5) is 23.7. The first-order valence-electron chi connectivity index (χ1n) is 12.7. The van der Waals surface area contributed by atoms with Gasteiger partial charge in [-0.1, -0.05) is 0 Å². The number of hydrogen-bond acceptors (Lipinski definition) is 13. The van der Waals surface area contributed by atoms with E-state index in [1.54, 1.807) is 19.9 Å². The Balaban J connectivity index is 2.08. The Morgan fingerprint density at radius 1 is 0.953 bits per heavy atom. The molecule has 0 aliphatic heterocycles. The van der Waals surface area contributed by atoms with E-state index in [0.29, 0.717) is 11.3 Å². The second-order valence-corrected chi connectivity index (χ2v) is 10.2. The van der Waals surface area contributed by atoms with E-state index in [4.69, 9.17) is 25.4 Å². The third kappa shape index (κ3) is 7.58. The van der Waals surface area contributed by atoms with E-state index in [-0.39, 0.29) is 67.0 Å². The number of azo groups is 2. The van der Waals surface area contributed by atoms with Crippen molar-refractivity contribution in [1.29, 1.82) is 0 Å². The molecule has 2 aromatic carbocycles. The molecule has 0 radical (unpaired) electrons. The van der Waals surface area contributed by atoms with Crippen LogP contribution in [0.5, 0.6) is 17.4 Å². The number of hydrogen-bond donors (Lipinski definition) is 5. The molecule has 0 aliphatic carbocycles. The normalized spacial score (nSPS) is 11.9. The van der Waals surface area contributed by atoms with Crippen molar-refractivity contribution >= 4 is 38.8 Å². The lowest BCUT2D eigenvalue weighted by Gasteiger charge is -2.13. The van der Waals surface area contributed by atoms with Crippen LogP contribution in [0.1, 0.15) is 28.4 Å². The molecule has 0 saturated carbocycles. The highest BCUT2D eigenvalue weighted by Gasteiger charge is 2.22. The van der Waals surface area contributed by atoms with Crippen molar-refractivity contribution in [3.63, 3.8) is 0 Å². The average molecular weight is 619 g/mol. The van der Waals surface area contributed by atoms with Crippen molar-refractivity contribution in [3.05, 3.63) is 57.4 Å². The van der Waals surface area contributed by atoms with Crippen molar-refractivity contribution in [3.8, 4) is 17.4 Å². The van der Waals surface area contributed by atoms with E-state index in [0.717, 1.165) is 10.6 Å². The third-order valence-corrected chi connectivity index (χ3v) is 6.81. The Morgan fingerprint density at radius 3 is 2.16 bits per heavy atom. The number of aryl methyl sites for hydroxylation is 1. The molecule has 230 valence electrons. The van der Waals surface area contributed by atoms with Crippen LogP contribution in [-0.2, 0) is 16.7 Å². The average Bonchev–Trinajstić information content (AvgIpc) is 2.94. The maximum Gasteiger partial charge on any atom is 0.296 e. The topological polar surface area (TPSA) is 248 Å². The zero-order valence-corrected chi connectivity index (χ0v) is 24.2. The zero-order chi connectivity index (χ0) is 31.9. The maximum atomic E-state index is 12.5. The molecule has 0 saturated heterocycles. The van der Waals surface area contributed by atoms with E-state index < -0.39 is 37.9 Å². The summed E-state index contributed by atoms with van der Waals surface area (Å²) < 4.78 is 46.2. The summed E-state index contributed by atoms with van der Waals surface area (Å²) in [5.74, 6) is -1.07. The number of aromatic hydroxyl groups is 1. The number of carbonyl (C=O) groups excluding carboxylic acids is 1. The molecular weight excluding hydrogens is 588 g/mol. The number of amides is 1. The summed E-state index contributed by atoms with van der Waals surface area (Å²) in [5, 5.41) is 44.6. The van der Waals surface area contributed by atoms with Crippen LogP contribution in [0.4, 0.5) is 22.7 Å². The first-order chi connectivity index (χ1) is 20.3. The Kier molecular flexibility index (Phi) is 10.7. The van der Waals surface area contributed by atoms with Crippen LogP contribution in [0.15, 0.2) is 60.5 Å². The Labute approximate surface area is 245 Å². The fraction of sp³-hybridized carbons (Fsp3) is 0.308. The second kappa shape index (κ2) is 14.0. The van der Waals surface area contributed by atoms with Crippen LogP contribution < -0.4 is 20.8 Å². The van der Waals surface area contributed by atoms with Crippen molar-refractivity contribution in [2.45, 2.75) is 32.2 Å². The molecule has 1 aromatic heterocycles. The monoisotopic (exact) mass is 618 g/mol. The minimum atomic E-state index is -4.87. The lowest BCUT2D eigenvalue weighted by Crippen LogP contribution is -2.30. The van der Waals surface area contributed by atoms with Gasteiger partial charge in [0.05, 0.1) is 18.9 Å². The van der Waals surface area contributed by atoms with Crippen LogP contribution >= 0.6 is 0 Å². The number of pyridine rings is 1. The quantitative estimate of drug-likeness (QED) is 0.138. The number of aliphatic hydroxyl groups excluding tert-OH is 2. The number of aliphatic hydroxyl groups is 2. The largest absolute Gasteiger partial charge is 0.493 e. The van der Waals surface area contributed by atoms with Crippen LogP contribution in [0.25, 0.3) is 0 Å². The SMILES string of the molecule is CCn1c(O)c(/N=N/c2ccc(/N=N/c3cc(OCCO)c(C)cc3OCCO)c(S(=O)(=O)O)c2)c(C)c(C(N)=O)c1=O. The van der Waals surface area contributed by atoms with E-state index in [1.165, 1.54) is 25.1 Å². The van der Waals surface area contributed by atoms with Crippen LogP contribution in [-0.4, -0.2) is 65.2 Å². The number of aromatic nitrogens is 1. The van der Waals surface area contributed by atoms with Gasteiger partial charge >= 0.3 is 0 Å². The molecule has 3 aromatic rings. The van der Waals surface area contributed by atoms with Gasteiger partial charge in [-0.3, -0.25) is 18.7 Å². The van der Waals surface area contributed by atoms with Crippen LogP contribution in [0.2, 0.25) is 0 Å². The van der Waals surface area contributed by atoms with Gasteiger partial charge in [-0.15, -0.1) is 15.3 Å². The highest BCUT2D eigenvalue weighted by atomic mass is 32.2. The number of rotatable bonds is 13. The summed E-state index contributed by atoms with van der Waals surface area (Å²) in [6, 6.07) is 6.42. The first kappa shape index (κ1) is 32.8. The van der Waals surface area contributed by atoms with Crippen LogP contribution in [0.3, 0.4) is 0 Å². The molecule has 1 amide bonds. The van der Waals surface area contributed by atoms with E-state index in [1.807, 2.05) is 0 Å². The van der Waals surface area contributed by atoms with Crippen molar-refractivity contribution < 1.29 is 42.6 Å². The summed E-state index contributed by atoms with van der Waals surface area (Å²) in [6.45, 7) is 4.00. The van der Waals surface area contributed by atoms with E-state index >= 15 is 0 Å². The minimum absolute atomic E-state index is 0.00218. The van der Waals surface area contributed by atoms with Crippen LogP contribution in [0, 0.1) is 13.8 Å². The number of benzene rings is 2. The Morgan fingerprint density at radius 2 is 1.58 bits per heavy atom. The smallest absolute Gasteiger partial charge is 0.296 e. The fourth-order valence-electron chi connectivity index (χ4n) is 3.89. The van der Waals surface area contributed by atoms with Gasteiger partial charge in [-0.25, -0.2) is 0 Å². The molecule has 0 bridgehead atoms. The van der Waals surface area contributed by atoms with Gasteiger partial charge in [0.25, 0.3) is 21.6 Å². The molecule has 0 unspecified atom stereocenters. The summed E-state index contributed by atoms with van der Waals surface area (Å²) >= 11 is 0. The lowest BCUT2D eigenvalue weighted by molar-refractivity contribution is 0.0997. The first-order valence-corrected chi connectivity index (χ1v) is 14.1. The van der Waals surface area contributed by atoms with Gasteiger partial charge < -0.3 is 30.5 Å². The molecule has 0 atom stereocenters. The van der Waals surface area contributed by atoms with Gasteiger partial charge in [-0.05, 0) is 50.6 Å².